The molecule has 2 aliphatic heterocycles. The molecule has 160 valence electrons. The van der Waals surface area contributed by atoms with Gasteiger partial charge in [-0.15, -0.1) is 12.4 Å². The number of likely N-dealkylation sites (tertiary alicyclic amines) is 1. The molecule has 3 heterocycles. The van der Waals surface area contributed by atoms with Gasteiger partial charge in [0.05, 0.1) is 5.02 Å². The van der Waals surface area contributed by atoms with Crippen molar-refractivity contribution < 1.29 is 14.3 Å². The summed E-state index contributed by atoms with van der Waals surface area (Å²) >= 11 is 6.32. The molecule has 3 amide bonds. The number of anilines is 1. The molecule has 4 rings (SSSR count). The Morgan fingerprint density at radius 2 is 1.97 bits per heavy atom. The second-order valence-corrected chi connectivity index (χ2v) is 7.85. The number of pyridine rings is 1. The van der Waals surface area contributed by atoms with Crippen LogP contribution in [0.3, 0.4) is 0 Å². The number of halogens is 2. The number of rotatable bonds is 2. The van der Waals surface area contributed by atoms with Crippen LogP contribution in [0.25, 0.3) is 0 Å². The highest BCUT2D eigenvalue weighted by Gasteiger charge is 2.41. The fourth-order valence-electron chi connectivity index (χ4n) is 3.94. The number of piperidine rings is 1. The number of aromatic nitrogens is 1. The van der Waals surface area contributed by atoms with Gasteiger partial charge in [0, 0.05) is 44.7 Å². The van der Waals surface area contributed by atoms with Crippen molar-refractivity contribution in [3.63, 3.8) is 0 Å². The number of ether oxygens (including phenoxy) is 1. The molecule has 2 N–H and O–H groups in total. The number of fused-ring (bicyclic) bond motifs is 1. The highest BCUT2D eigenvalue weighted by Crippen LogP contribution is 2.42. The number of amides is 3. The zero-order valence-electron chi connectivity index (χ0n) is 16.6. The smallest absolute Gasteiger partial charge is 0.323 e. The lowest BCUT2D eigenvalue weighted by Crippen LogP contribution is -2.52. The Kier molecular flexibility index (Phi) is 6.73. The summed E-state index contributed by atoms with van der Waals surface area (Å²) in [7, 11) is 1.56. The zero-order valence-corrected chi connectivity index (χ0v) is 18.2. The molecule has 0 aliphatic carbocycles. The molecule has 0 bridgehead atoms. The summed E-state index contributed by atoms with van der Waals surface area (Å²) in [6.45, 7) is 1.17. The van der Waals surface area contributed by atoms with Crippen LogP contribution in [0.2, 0.25) is 5.02 Å². The maximum atomic E-state index is 12.7. The first-order valence-electron chi connectivity index (χ1n) is 9.70. The maximum Gasteiger partial charge on any atom is 0.323 e. The SMILES string of the molecule is CNC(=O)c1ccnc(NC(=O)N2CCC3(CCc4cccc(Cl)c4O3)CC2)c1.Cl. The van der Waals surface area contributed by atoms with Gasteiger partial charge in [0.25, 0.3) is 5.91 Å². The quantitative estimate of drug-likeness (QED) is 0.726. The lowest BCUT2D eigenvalue weighted by atomic mass is 9.83. The van der Waals surface area contributed by atoms with Crippen LogP contribution in [0.5, 0.6) is 5.75 Å². The van der Waals surface area contributed by atoms with E-state index in [4.69, 9.17) is 16.3 Å². The number of nitrogens with zero attached hydrogens (tertiary/aromatic N) is 2. The Balaban J connectivity index is 0.00000256. The van der Waals surface area contributed by atoms with Crippen LogP contribution in [0.1, 0.15) is 35.2 Å². The molecule has 0 radical (unpaired) electrons. The monoisotopic (exact) mass is 450 g/mol. The number of carbonyl (C=O) groups excluding carboxylic acids is 2. The molecule has 30 heavy (non-hydrogen) atoms. The van der Waals surface area contributed by atoms with Crippen molar-refractivity contribution in [3.8, 4) is 5.75 Å². The second kappa shape index (κ2) is 9.10. The highest BCUT2D eigenvalue weighted by molar-refractivity contribution is 6.32. The molecule has 0 atom stereocenters. The van der Waals surface area contributed by atoms with Crippen LogP contribution in [-0.2, 0) is 6.42 Å². The van der Waals surface area contributed by atoms with Gasteiger partial charge in [-0.25, -0.2) is 9.78 Å². The van der Waals surface area contributed by atoms with Gasteiger partial charge in [-0.1, -0.05) is 23.7 Å². The normalized spacial score (nSPS) is 16.7. The minimum absolute atomic E-state index is 0. The Morgan fingerprint density at radius 3 is 2.70 bits per heavy atom. The van der Waals surface area contributed by atoms with Crippen LogP contribution in [0.4, 0.5) is 10.6 Å². The first-order valence-corrected chi connectivity index (χ1v) is 10.1. The second-order valence-electron chi connectivity index (χ2n) is 7.44. The van der Waals surface area contributed by atoms with Crippen molar-refractivity contribution in [2.24, 2.45) is 0 Å². The molecular formula is C21H24Cl2N4O3. The first-order chi connectivity index (χ1) is 14.0. The number of aryl methyl sites for hydroxylation is 1. The van der Waals surface area contributed by atoms with Crippen molar-refractivity contribution in [1.82, 2.24) is 15.2 Å². The van der Waals surface area contributed by atoms with Crippen molar-refractivity contribution in [1.29, 1.82) is 0 Å². The Hall–Kier alpha value is -2.51. The Morgan fingerprint density at radius 1 is 1.20 bits per heavy atom. The van der Waals surface area contributed by atoms with Crippen LogP contribution < -0.4 is 15.4 Å². The van der Waals surface area contributed by atoms with Crippen LogP contribution >= 0.6 is 24.0 Å². The highest BCUT2D eigenvalue weighted by atomic mass is 35.5. The molecule has 0 unspecified atom stereocenters. The third-order valence-electron chi connectivity index (χ3n) is 5.66. The largest absolute Gasteiger partial charge is 0.485 e. The third kappa shape index (κ3) is 4.47. The first kappa shape index (κ1) is 22.2. The van der Waals surface area contributed by atoms with Crippen LogP contribution in [0.15, 0.2) is 36.5 Å². The van der Waals surface area contributed by atoms with Gasteiger partial charge in [-0.2, -0.15) is 0 Å². The maximum absolute atomic E-state index is 12.7. The number of nitrogens with one attached hydrogen (secondary N) is 2. The van der Waals surface area contributed by atoms with E-state index in [-0.39, 0.29) is 29.9 Å². The lowest BCUT2D eigenvalue weighted by molar-refractivity contribution is -0.00427. The van der Waals surface area contributed by atoms with E-state index >= 15 is 0 Å². The minimum atomic E-state index is -0.272. The van der Waals surface area contributed by atoms with E-state index in [1.165, 1.54) is 6.20 Å². The van der Waals surface area contributed by atoms with E-state index in [9.17, 15) is 9.59 Å². The van der Waals surface area contributed by atoms with E-state index in [2.05, 4.69) is 21.7 Å². The summed E-state index contributed by atoms with van der Waals surface area (Å²) in [6.07, 6.45) is 4.85. The van der Waals surface area contributed by atoms with Gasteiger partial charge in [-0.05, 0) is 36.6 Å². The van der Waals surface area contributed by atoms with Crippen molar-refractivity contribution in [2.75, 3.05) is 25.5 Å². The van der Waals surface area contributed by atoms with Gasteiger partial charge >= 0.3 is 6.03 Å². The minimum Gasteiger partial charge on any atom is -0.485 e. The van der Waals surface area contributed by atoms with Gasteiger partial charge in [0.15, 0.2) is 0 Å². The number of hydrogen-bond donors (Lipinski definition) is 2. The van der Waals surface area contributed by atoms with Crippen LogP contribution in [0, 0.1) is 0 Å². The number of benzene rings is 1. The molecule has 9 heteroatoms. The molecule has 1 fully saturated rings. The summed E-state index contributed by atoms with van der Waals surface area (Å²) in [5.41, 5.74) is 1.32. The summed E-state index contributed by atoms with van der Waals surface area (Å²) in [4.78, 5) is 30.3. The third-order valence-corrected chi connectivity index (χ3v) is 5.96. The van der Waals surface area contributed by atoms with Gasteiger partial charge < -0.3 is 15.0 Å². The summed E-state index contributed by atoms with van der Waals surface area (Å²) in [6, 6.07) is 8.78. The molecule has 0 saturated carbocycles. The van der Waals surface area contributed by atoms with Crippen molar-refractivity contribution in [3.05, 3.63) is 52.7 Å². The van der Waals surface area contributed by atoms with E-state index in [1.807, 2.05) is 12.1 Å². The fraction of sp³-hybridized carbons (Fsp3) is 0.381. The zero-order chi connectivity index (χ0) is 20.4. The fourth-order valence-corrected chi connectivity index (χ4v) is 4.17. The molecule has 7 nitrogen and oxygen atoms in total. The number of para-hydroxylation sites is 1. The van der Waals surface area contributed by atoms with E-state index in [0.717, 1.165) is 37.0 Å². The standard InChI is InChI=1S/C21H23ClN4O3.ClH/c1-23-19(27)15-6-10-24-17(13-15)25-20(28)26-11-8-21(9-12-26)7-5-14-3-2-4-16(22)18(14)29-21;/h2-4,6,10,13H,5,7-9,11-12H2,1H3,(H,23,27)(H,24,25,28);1H. The summed E-state index contributed by atoms with van der Waals surface area (Å²) in [5.74, 6) is 0.913. The topological polar surface area (TPSA) is 83.6 Å². The predicted octanol–water partition coefficient (Wildman–Crippen LogP) is 3.91. The molecule has 2 aromatic rings. The van der Waals surface area contributed by atoms with Crippen molar-refractivity contribution in [2.45, 2.75) is 31.3 Å². The van der Waals surface area contributed by atoms with Gasteiger partial charge in [-0.3, -0.25) is 10.1 Å². The Labute approximate surface area is 186 Å². The molecule has 1 aromatic carbocycles. The Bertz CT molecular complexity index is 946. The average molecular weight is 451 g/mol. The van der Waals surface area contributed by atoms with Crippen LogP contribution in [-0.4, -0.2) is 47.6 Å². The molecule has 1 spiro atoms. The summed E-state index contributed by atoms with van der Waals surface area (Å²) in [5, 5.41) is 5.98. The molecule has 1 saturated heterocycles. The molecular weight excluding hydrogens is 427 g/mol. The van der Waals surface area contributed by atoms with E-state index < -0.39 is 0 Å². The predicted molar refractivity (Wildman–Crippen MR) is 118 cm³/mol. The van der Waals surface area contributed by atoms with Gasteiger partial charge in [0.1, 0.15) is 17.2 Å². The summed E-state index contributed by atoms with van der Waals surface area (Å²) < 4.78 is 6.34. The van der Waals surface area contributed by atoms with Crippen molar-refractivity contribution >= 4 is 41.8 Å². The number of carbonyl (C=O) groups is 2. The average Bonchev–Trinajstić information content (AvgIpc) is 2.74. The van der Waals surface area contributed by atoms with E-state index in [1.54, 1.807) is 24.1 Å². The number of urea groups is 1. The number of hydrogen-bond acceptors (Lipinski definition) is 4. The van der Waals surface area contributed by atoms with Gasteiger partial charge in [0.2, 0.25) is 0 Å². The van der Waals surface area contributed by atoms with E-state index in [0.29, 0.717) is 29.5 Å². The molecule has 1 aromatic heterocycles. The lowest BCUT2D eigenvalue weighted by Gasteiger charge is -2.44. The molecule has 2 aliphatic rings.